The van der Waals surface area contributed by atoms with Crippen molar-refractivity contribution in [3.05, 3.63) is 11.4 Å². The second-order valence-corrected chi connectivity index (χ2v) is 6.26. The maximum atomic E-state index is 12.3. The number of amides is 1. The summed E-state index contributed by atoms with van der Waals surface area (Å²) < 4.78 is 0. The van der Waals surface area contributed by atoms with Crippen molar-refractivity contribution in [2.45, 2.75) is 25.8 Å². The summed E-state index contributed by atoms with van der Waals surface area (Å²) in [4.78, 5) is 53.9. The normalized spacial score (nSPS) is 13.9. The van der Waals surface area contributed by atoms with Crippen molar-refractivity contribution in [1.82, 2.24) is 15.3 Å². The van der Waals surface area contributed by atoms with Crippen LogP contribution in [-0.4, -0.2) is 73.3 Å². The van der Waals surface area contributed by atoms with Crippen LogP contribution in [0.2, 0.25) is 0 Å². The van der Waals surface area contributed by atoms with Gasteiger partial charge in [0.25, 0.3) is 5.91 Å². The second-order valence-electron chi connectivity index (χ2n) is 6.26. The highest BCUT2D eigenvalue weighted by Crippen LogP contribution is 2.18. The molecule has 0 radical (unpaired) electrons. The quantitative estimate of drug-likeness (QED) is 0.197. The number of hydrogen-bond donors (Lipinski definition) is 7. The number of nitrogens with one attached hydrogen (secondary N) is 1. The average molecular weight is 413 g/mol. The minimum Gasteiger partial charge on any atom is -0.481 e. The van der Waals surface area contributed by atoms with Crippen molar-refractivity contribution in [2.24, 2.45) is 11.8 Å². The highest BCUT2D eigenvalue weighted by Gasteiger charge is 2.28. The van der Waals surface area contributed by atoms with E-state index in [0.29, 0.717) is 0 Å². The Morgan fingerprint density at radius 1 is 0.966 bits per heavy atom. The number of aliphatic hydroxyl groups is 2. The van der Waals surface area contributed by atoms with E-state index in [4.69, 9.17) is 31.9 Å². The molecule has 160 valence electrons. The van der Waals surface area contributed by atoms with E-state index in [0.717, 1.165) is 0 Å². The number of nitrogen functional groups attached to an aromatic ring is 2. The number of aliphatic hydroxyl groups excluding tert-OH is 2. The summed E-state index contributed by atoms with van der Waals surface area (Å²) in [6.07, 6.45) is -0.460. The van der Waals surface area contributed by atoms with Crippen molar-refractivity contribution < 1.29 is 39.6 Å². The lowest BCUT2D eigenvalue weighted by Crippen LogP contribution is -2.43. The highest BCUT2D eigenvalue weighted by molar-refractivity contribution is 6.02. The molecule has 0 fully saturated rings. The van der Waals surface area contributed by atoms with Crippen LogP contribution in [0.1, 0.15) is 40.7 Å². The fourth-order valence-corrected chi connectivity index (χ4v) is 2.38. The first kappa shape index (κ1) is 23.7. The zero-order valence-corrected chi connectivity index (χ0v) is 15.5. The van der Waals surface area contributed by atoms with Gasteiger partial charge in [-0.05, 0) is 13.3 Å². The Labute approximate surface area is 164 Å². The van der Waals surface area contributed by atoms with Gasteiger partial charge in [-0.3, -0.25) is 19.2 Å². The molecule has 0 spiro atoms. The van der Waals surface area contributed by atoms with Crippen molar-refractivity contribution >= 4 is 35.3 Å². The molecule has 0 aromatic carbocycles. The number of carbonyl (C=O) groups is 4. The molecule has 13 nitrogen and oxygen atoms in total. The van der Waals surface area contributed by atoms with Gasteiger partial charge in [0.1, 0.15) is 0 Å². The summed E-state index contributed by atoms with van der Waals surface area (Å²) >= 11 is 0. The van der Waals surface area contributed by atoms with Gasteiger partial charge in [0.15, 0.2) is 28.8 Å². The van der Waals surface area contributed by atoms with Crippen LogP contribution in [0.3, 0.4) is 0 Å². The lowest BCUT2D eigenvalue weighted by Gasteiger charge is -2.19. The number of aromatic nitrogens is 2. The summed E-state index contributed by atoms with van der Waals surface area (Å²) in [6.45, 7) is 0.00485. The van der Waals surface area contributed by atoms with Crippen LogP contribution in [-0.2, 0) is 9.59 Å². The molecule has 1 aromatic rings. The summed E-state index contributed by atoms with van der Waals surface area (Å²) in [6, 6.07) is -0.972. The van der Waals surface area contributed by atoms with Crippen LogP contribution in [0.25, 0.3) is 0 Å². The van der Waals surface area contributed by atoms with Crippen LogP contribution in [0.4, 0.5) is 11.6 Å². The standard InChI is InChI=1S/C16H23N5O8/c1-6(8(5-23)16(28)29)19-14(25)11-13(18)20-10(12(17)21-11)9(24)3-2-7(4-22)15(26)27/h6-8,22-23H,2-5H2,1H3,(H2,17,21)(H2,18,20)(H,19,25)(H,26,27)(H,28,29)/t6?,7-,8+/m1/s1. The van der Waals surface area contributed by atoms with E-state index in [1.807, 2.05) is 0 Å². The van der Waals surface area contributed by atoms with Gasteiger partial charge in [0, 0.05) is 12.5 Å². The molecule has 29 heavy (non-hydrogen) atoms. The number of Topliss-reactive ketones (excluding diaryl/α,β-unsaturated/α-hetero) is 1. The Morgan fingerprint density at radius 2 is 1.52 bits per heavy atom. The minimum absolute atomic E-state index is 0.164. The molecule has 0 aliphatic rings. The Bertz CT molecular complexity index is 800. The van der Waals surface area contributed by atoms with Gasteiger partial charge in [-0.15, -0.1) is 0 Å². The maximum Gasteiger partial charge on any atom is 0.310 e. The number of aliphatic carboxylic acids is 2. The largest absolute Gasteiger partial charge is 0.481 e. The molecule has 13 heteroatoms. The van der Waals surface area contributed by atoms with E-state index in [1.54, 1.807) is 0 Å². The van der Waals surface area contributed by atoms with E-state index < -0.39 is 72.1 Å². The topological polar surface area (TPSA) is 239 Å². The van der Waals surface area contributed by atoms with Gasteiger partial charge in [-0.25, -0.2) is 9.97 Å². The number of carboxylic acids is 2. The second kappa shape index (κ2) is 10.3. The van der Waals surface area contributed by atoms with Gasteiger partial charge in [-0.1, -0.05) is 0 Å². The smallest absolute Gasteiger partial charge is 0.310 e. The van der Waals surface area contributed by atoms with E-state index in [1.165, 1.54) is 6.92 Å². The molecular formula is C16H23N5O8. The van der Waals surface area contributed by atoms with Crippen LogP contribution in [0, 0.1) is 11.8 Å². The van der Waals surface area contributed by atoms with Crippen LogP contribution in [0.5, 0.6) is 0 Å². The van der Waals surface area contributed by atoms with Gasteiger partial charge in [-0.2, -0.15) is 0 Å². The summed E-state index contributed by atoms with van der Waals surface area (Å²) in [5.74, 6) is -7.42. The fourth-order valence-electron chi connectivity index (χ4n) is 2.38. The van der Waals surface area contributed by atoms with E-state index in [9.17, 15) is 19.2 Å². The van der Waals surface area contributed by atoms with Crippen LogP contribution >= 0.6 is 0 Å². The lowest BCUT2D eigenvalue weighted by atomic mass is 10.0. The third-order valence-electron chi connectivity index (χ3n) is 4.19. The monoisotopic (exact) mass is 413 g/mol. The number of hydrogen-bond acceptors (Lipinski definition) is 10. The molecule has 1 rings (SSSR count). The molecule has 3 atom stereocenters. The molecule has 0 aliphatic carbocycles. The fraction of sp³-hybridized carbons (Fsp3) is 0.500. The van der Waals surface area contributed by atoms with Gasteiger partial charge in [0.05, 0.1) is 25.0 Å². The van der Waals surface area contributed by atoms with Crippen molar-refractivity contribution in [2.75, 3.05) is 24.7 Å². The maximum absolute atomic E-state index is 12.3. The van der Waals surface area contributed by atoms with Crippen molar-refractivity contribution in [1.29, 1.82) is 0 Å². The molecule has 0 saturated heterocycles. The summed E-state index contributed by atoms with van der Waals surface area (Å²) in [5.41, 5.74) is 10.5. The number of ketones is 1. The van der Waals surface area contributed by atoms with Crippen molar-refractivity contribution in [3.63, 3.8) is 0 Å². The first-order chi connectivity index (χ1) is 13.5. The Kier molecular flexibility index (Phi) is 8.41. The molecule has 1 heterocycles. The number of carbonyl (C=O) groups excluding carboxylic acids is 2. The first-order valence-corrected chi connectivity index (χ1v) is 8.47. The summed E-state index contributed by atoms with van der Waals surface area (Å²) in [5, 5.41) is 38.2. The van der Waals surface area contributed by atoms with Crippen molar-refractivity contribution in [3.8, 4) is 0 Å². The molecule has 1 amide bonds. The highest BCUT2D eigenvalue weighted by atomic mass is 16.4. The summed E-state index contributed by atoms with van der Waals surface area (Å²) in [7, 11) is 0. The molecule has 9 N–H and O–H groups in total. The molecule has 1 aromatic heterocycles. The van der Waals surface area contributed by atoms with Crippen LogP contribution < -0.4 is 16.8 Å². The van der Waals surface area contributed by atoms with E-state index in [-0.39, 0.29) is 18.5 Å². The Morgan fingerprint density at radius 3 is 2.00 bits per heavy atom. The third kappa shape index (κ3) is 6.08. The molecule has 0 saturated carbocycles. The number of anilines is 2. The van der Waals surface area contributed by atoms with E-state index >= 15 is 0 Å². The molecule has 1 unspecified atom stereocenters. The lowest BCUT2D eigenvalue weighted by molar-refractivity contribution is -0.144. The van der Waals surface area contributed by atoms with Crippen LogP contribution in [0.15, 0.2) is 0 Å². The molecule has 0 aliphatic heterocycles. The number of nitrogens with two attached hydrogens (primary N) is 2. The van der Waals surface area contributed by atoms with Gasteiger partial charge < -0.3 is 37.2 Å². The predicted octanol–water partition coefficient (Wildman–Crippen LogP) is -1.89. The van der Waals surface area contributed by atoms with E-state index in [2.05, 4.69) is 15.3 Å². The van der Waals surface area contributed by atoms with Gasteiger partial charge in [0.2, 0.25) is 0 Å². The number of carboxylic acid groups (broad SMARTS) is 2. The SMILES string of the molecule is CC(NC(=O)c1nc(N)c(C(=O)CC[C@H](CO)C(=O)O)nc1N)[C@H](CO)C(=O)O. The molecule has 0 bridgehead atoms. The van der Waals surface area contributed by atoms with Gasteiger partial charge >= 0.3 is 11.9 Å². The number of rotatable bonds is 11. The third-order valence-corrected chi connectivity index (χ3v) is 4.19. The Balaban J connectivity index is 2.96. The number of nitrogens with zero attached hydrogens (tertiary/aromatic N) is 2. The first-order valence-electron chi connectivity index (χ1n) is 8.47. The zero-order chi connectivity index (χ0) is 22.3. The Hall–Kier alpha value is -3.32. The predicted molar refractivity (Wildman–Crippen MR) is 97.8 cm³/mol. The minimum atomic E-state index is -1.32. The molecular weight excluding hydrogens is 390 g/mol. The average Bonchev–Trinajstić information content (AvgIpc) is 2.63. The zero-order valence-electron chi connectivity index (χ0n) is 15.5.